The van der Waals surface area contributed by atoms with Gasteiger partial charge in [0.05, 0.1) is 12.6 Å². The second kappa shape index (κ2) is 5.54. The van der Waals surface area contributed by atoms with Crippen LogP contribution < -0.4 is 10.6 Å². The van der Waals surface area contributed by atoms with Crippen LogP contribution in [0.15, 0.2) is 23.2 Å². The van der Waals surface area contributed by atoms with Crippen LogP contribution in [0.1, 0.15) is 18.6 Å². The first-order chi connectivity index (χ1) is 8.54. The summed E-state index contributed by atoms with van der Waals surface area (Å²) in [6, 6.07) is 4.32. The largest absolute Gasteiger partial charge is 0.387 e. The molecular weight excluding hydrogens is 257 g/mol. The van der Waals surface area contributed by atoms with E-state index >= 15 is 0 Å². The van der Waals surface area contributed by atoms with Gasteiger partial charge in [-0.2, -0.15) is 0 Å². The van der Waals surface area contributed by atoms with Crippen LogP contribution in [0.25, 0.3) is 0 Å². The molecule has 18 heavy (non-hydrogen) atoms. The lowest BCUT2D eigenvalue weighted by Crippen LogP contribution is -2.39. The number of nitrogens with zero attached hydrogens (tertiary/aromatic N) is 1. The summed E-state index contributed by atoms with van der Waals surface area (Å²) in [5.41, 5.74) is 0.444. The van der Waals surface area contributed by atoms with Crippen molar-refractivity contribution in [2.45, 2.75) is 19.1 Å². The molecule has 4 nitrogen and oxygen atoms in total. The van der Waals surface area contributed by atoms with Gasteiger partial charge in [-0.05, 0) is 30.7 Å². The Morgan fingerprint density at radius 2 is 2.39 bits per heavy atom. The summed E-state index contributed by atoms with van der Waals surface area (Å²) in [5.74, 6) is 0.200. The molecule has 1 aromatic carbocycles. The Bertz CT molecular complexity index is 446. The zero-order valence-electron chi connectivity index (χ0n) is 9.95. The fraction of sp³-hybridized carbons (Fsp3) is 0.417. The van der Waals surface area contributed by atoms with Gasteiger partial charge >= 0.3 is 0 Å². The van der Waals surface area contributed by atoms with E-state index in [9.17, 15) is 9.50 Å². The maximum absolute atomic E-state index is 13.1. The second-order valence-corrected chi connectivity index (χ2v) is 4.77. The highest BCUT2D eigenvalue weighted by Crippen LogP contribution is 2.19. The predicted molar refractivity (Wildman–Crippen MR) is 69.3 cm³/mol. The minimum atomic E-state index is -0.835. The van der Waals surface area contributed by atoms with Gasteiger partial charge in [0, 0.05) is 17.6 Å². The lowest BCUT2D eigenvalue weighted by Gasteiger charge is -2.14. The Balaban J connectivity index is 1.93. The lowest BCUT2D eigenvalue weighted by molar-refractivity contribution is 0.180. The van der Waals surface area contributed by atoms with Crippen molar-refractivity contribution in [2.75, 3.05) is 13.1 Å². The lowest BCUT2D eigenvalue weighted by atomic mass is 10.1. The fourth-order valence-electron chi connectivity index (χ4n) is 1.74. The number of nitrogens with one attached hydrogen (secondary N) is 2. The summed E-state index contributed by atoms with van der Waals surface area (Å²) < 4.78 is 13.1. The fourth-order valence-corrected chi connectivity index (χ4v) is 1.97. The van der Waals surface area contributed by atoms with Crippen molar-refractivity contribution in [1.82, 2.24) is 10.6 Å². The number of hydrogen-bond donors (Lipinski definition) is 3. The van der Waals surface area contributed by atoms with E-state index in [1.807, 2.05) is 6.92 Å². The molecule has 0 bridgehead atoms. The predicted octanol–water partition coefficient (Wildman–Crippen LogP) is 1.45. The molecule has 0 amide bonds. The average Bonchev–Trinajstić information content (AvgIpc) is 2.70. The van der Waals surface area contributed by atoms with E-state index in [0.29, 0.717) is 24.1 Å². The van der Waals surface area contributed by atoms with Crippen LogP contribution in [0.2, 0.25) is 5.02 Å². The van der Waals surface area contributed by atoms with Gasteiger partial charge < -0.3 is 15.7 Å². The van der Waals surface area contributed by atoms with E-state index in [-0.39, 0.29) is 11.6 Å². The highest BCUT2D eigenvalue weighted by atomic mass is 35.5. The number of aliphatic hydroxyl groups excluding tert-OH is 1. The summed E-state index contributed by atoms with van der Waals surface area (Å²) in [6.07, 6.45) is -0.835. The first-order valence-corrected chi connectivity index (χ1v) is 6.11. The summed E-state index contributed by atoms with van der Waals surface area (Å²) in [7, 11) is 0. The molecule has 1 aliphatic heterocycles. The van der Waals surface area contributed by atoms with Gasteiger partial charge in [-0.15, -0.1) is 0 Å². The molecule has 0 saturated heterocycles. The quantitative estimate of drug-likeness (QED) is 0.780. The van der Waals surface area contributed by atoms with Gasteiger partial charge in [-0.3, -0.25) is 4.99 Å². The van der Waals surface area contributed by atoms with Crippen molar-refractivity contribution in [1.29, 1.82) is 0 Å². The smallest absolute Gasteiger partial charge is 0.191 e. The van der Waals surface area contributed by atoms with Crippen LogP contribution >= 0.6 is 11.6 Å². The van der Waals surface area contributed by atoms with Gasteiger partial charge in [0.1, 0.15) is 5.82 Å². The Hall–Kier alpha value is -1.33. The molecule has 0 aliphatic carbocycles. The number of aliphatic imine (C=N–C) groups is 1. The monoisotopic (exact) mass is 271 g/mol. The highest BCUT2D eigenvalue weighted by Gasteiger charge is 2.14. The number of rotatable bonds is 3. The maximum atomic E-state index is 13.1. The number of halogens is 2. The van der Waals surface area contributed by atoms with Crippen LogP contribution in [-0.2, 0) is 0 Å². The molecular formula is C12H15ClFN3O. The van der Waals surface area contributed by atoms with Gasteiger partial charge in [0.2, 0.25) is 0 Å². The summed E-state index contributed by atoms with van der Waals surface area (Å²) in [5, 5.41) is 16.3. The third kappa shape index (κ3) is 3.34. The van der Waals surface area contributed by atoms with Gasteiger partial charge in [0.15, 0.2) is 5.96 Å². The van der Waals surface area contributed by atoms with Crippen LogP contribution in [0, 0.1) is 5.82 Å². The Morgan fingerprint density at radius 1 is 1.61 bits per heavy atom. The average molecular weight is 272 g/mol. The van der Waals surface area contributed by atoms with Gasteiger partial charge in [-0.1, -0.05) is 11.6 Å². The highest BCUT2D eigenvalue weighted by molar-refractivity contribution is 6.30. The van der Waals surface area contributed by atoms with Crippen molar-refractivity contribution in [3.05, 3.63) is 34.6 Å². The molecule has 0 spiro atoms. The molecule has 98 valence electrons. The Morgan fingerprint density at radius 3 is 3.00 bits per heavy atom. The maximum Gasteiger partial charge on any atom is 0.191 e. The van der Waals surface area contributed by atoms with E-state index in [4.69, 9.17) is 11.6 Å². The van der Waals surface area contributed by atoms with E-state index in [1.54, 1.807) is 6.07 Å². The molecule has 0 saturated carbocycles. The molecule has 0 aromatic heterocycles. The molecule has 2 unspecified atom stereocenters. The van der Waals surface area contributed by atoms with Crippen LogP contribution in [0.5, 0.6) is 0 Å². The SMILES string of the molecule is CC1CN=C(NCC(O)c2cc(F)cc(Cl)c2)N1. The van der Waals surface area contributed by atoms with E-state index in [0.717, 1.165) is 0 Å². The minimum absolute atomic E-state index is 0.248. The molecule has 1 aliphatic rings. The van der Waals surface area contributed by atoms with Crippen molar-refractivity contribution < 1.29 is 9.50 Å². The molecule has 1 aromatic rings. The minimum Gasteiger partial charge on any atom is -0.387 e. The van der Waals surface area contributed by atoms with Crippen LogP contribution in [0.4, 0.5) is 4.39 Å². The molecule has 6 heteroatoms. The Labute approximate surface area is 110 Å². The molecule has 2 rings (SSSR count). The van der Waals surface area contributed by atoms with Gasteiger partial charge in [0.25, 0.3) is 0 Å². The van der Waals surface area contributed by atoms with Crippen molar-refractivity contribution in [2.24, 2.45) is 4.99 Å². The summed E-state index contributed by atoms with van der Waals surface area (Å²) in [4.78, 5) is 4.20. The normalized spacial score (nSPS) is 20.2. The molecule has 3 N–H and O–H groups in total. The van der Waals surface area contributed by atoms with E-state index in [2.05, 4.69) is 15.6 Å². The Kier molecular flexibility index (Phi) is 4.04. The topological polar surface area (TPSA) is 56.7 Å². The third-order valence-corrected chi connectivity index (χ3v) is 2.86. The number of guanidine groups is 1. The molecule has 0 radical (unpaired) electrons. The molecule has 1 heterocycles. The summed E-state index contributed by atoms with van der Waals surface area (Å²) in [6.45, 7) is 2.98. The van der Waals surface area contributed by atoms with Crippen molar-refractivity contribution in [3.63, 3.8) is 0 Å². The van der Waals surface area contributed by atoms with Crippen molar-refractivity contribution >= 4 is 17.6 Å². The van der Waals surface area contributed by atoms with Crippen molar-refractivity contribution in [3.8, 4) is 0 Å². The van der Waals surface area contributed by atoms with Gasteiger partial charge in [-0.25, -0.2) is 4.39 Å². The molecule has 0 fully saturated rings. The molecule has 2 atom stereocenters. The second-order valence-electron chi connectivity index (χ2n) is 4.33. The zero-order chi connectivity index (χ0) is 13.1. The number of aliphatic hydroxyl groups is 1. The number of hydrogen-bond acceptors (Lipinski definition) is 4. The first-order valence-electron chi connectivity index (χ1n) is 5.73. The van der Waals surface area contributed by atoms with E-state index < -0.39 is 11.9 Å². The van der Waals surface area contributed by atoms with Crippen LogP contribution in [-0.4, -0.2) is 30.2 Å². The standard InChI is InChI=1S/C12H15ClFN3O/c1-7-5-15-12(17-7)16-6-11(18)8-2-9(13)4-10(14)3-8/h2-4,7,11,18H,5-6H2,1H3,(H2,15,16,17). The summed E-state index contributed by atoms with van der Waals surface area (Å²) >= 11 is 5.73. The third-order valence-electron chi connectivity index (χ3n) is 2.64. The zero-order valence-corrected chi connectivity index (χ0v) is 10.7. The first kappa shape index (κ1) is 13.1. The van der Waals surface area contributed by atoms with Crippen LogP contribution in [0.3, 0.4) is 0 Å². The van der Waals surface area contributed by atoms with E-state index in [1.165, 1.54) is 12.1 Å². The number of benzene rings is 1.